The lowest BCUT2D eigenvalue weighted by atomic mass is 10.0. The van der Waals surface area contributed by atoms with Crippen LogP contribution >= 0.6 is 22.6 Å². The van der Waals surface area contributed by atoms with E-state index in [-0.39, 0.29) is 11.5 Å². The van der Waals surface area contributed by atoms with Crippen molar-refractivity contribution < 1.29 is 0 Å². The van der Waals surface area contributed by atoms with Gasteiger partial charge >= 0.3 is 0 Å². The predicted octanol–water partition coefficient (Wildman–Crippen LogP) is 3.73. The first-order valence-corrected chi connectivity index (χ1v) is 7.50. The maximum atomic E-state index is 12.0. The van der Waals surface area contributed by atoms with Crippen molar-refractivity contribution in [2.75, 3.05) is 0 Å². The van der Waals surface area contributed by atoms with Crippen LogP contribution in [0.2, 0.25) is 0 Å². The molecule has 1 N–H and O–H groups in total. The van der Waals surface area contributed by atoms with Crippen molar-refractivity contribution >= 4 is 22.6 Å². The highest BCUT2D eigenvalue weighted by Crippen LogP contribution is 2.23. The summed E-state index contributed by atoms with van der Waals surface area (Å²) in [5, 5.41) is 0. The van der Waals surface area contributed by atoms with Gasteiger partial charge in [-0.3, -0.25) is 4.79 Å². The van der Waals surface area contributed by atoms with Crippen molar-refractivity contribution in [2.24, 2.45) is 0 Å². The van der Waals surface area contributed by atoms with E-state index in [4.69, 9.17) is 0 Å². The Morgan fingerprint density at radius 3 is 2.63 bits per heavy atom. The Hall–Kier alpha value is -1.17. The van der Waals surface area contributed by atoms with Crippen LogP contribution < -0.4 is 5.56 Å². The molecule has 0 fully saturated rings. The van der Waals surface area contributed by atoms with Gasteiger partial charge < -0.3 is 4.98 Å². The number of benzene rings is 1. The molecule has 19 heavy (non-hydrogen) atoms. The van der Waals surface area contributed by atoms with Crippen LogP contribution in [0.5, 0.6) is 0 Å². The van der Waals surface area contributed by atoms with Gasteiger partial charge in [0.25, 0.3) is 5.56 Å². The van der Waals surface area contributed by atoms with Gasteiger partial charge in [-0.25, -0.2) is 4.98 Å². The average molecular weight is 368 g/mol. The van der Waals surface area contributed by atoms with E-state index in [1.54, 1.807) is 0 Å². The molecule has 0 atom stereocenters. The summed E-state index contributed by atoms with van der Waals surface area (Å²) in [4.78, 5) is 19.6. The van der Waals surface area contributed by atoms with Crippen LogP contribution in [-0.2, 0) is 6.42 Å². The monoisotopic (exact) mass is 368 g/mol. The number of halogens is 1. The van der Waals surface area contributed by atoms with E-state index >= 15 is 0 Å². The number of aromatic nitrogens is 2. The number of nitrogens with zero attached hydrogens (tertiary/aromatic N) is 1. The van der Waals surface area contributed by atoms with Crippen LogP contribution in [-0.4, -0.2) is 9.97 Å². The Labute approximate surface area is 126 Å². The second-order valence-electron chi connectivity index (χ2n) is 4.78. The van der Waals surface area contributed by atoms with E-state index in [0.29, 0.717) is 9.39 Å². The zero-order valence-corrected chi connectivity index (χ0v) is 13.5. The lowest BCUT2D eigenvalue weighted by Gasteiger charge is -2.11. The molecule has 2 rings (SSSR count). The summed E-state index contributed by atoms with van der Waals surface area (Å²) in [7, 11) is 0. The van der Waals surface area contributed by atoms with Gasteiger partial charge in [-0.2, -0.15) is 0 Å². The summed E-state index contributed by atoms with van der Waals surface area (Å²) < 4.78 is 0.685. The molecule has 0 saturated heterocycles. The van der Waals surface area contributed by atoms with E-state index in [9.17, 15) is 4.79 Å². The molecule has 0 amide bonds. The highest BCUT2D eigenvalue weighted by atomic mass is 127. The van der Waals surface area contributed by atoms with Gasteiger partial charge in [0.05, 0.1) is 9.26 Å². The quantitative estimate of drug-likeness (QED) is 0.840. The minimum Gasteiger partial charge on any atom is -0.306 e. The molecule has 1 aromatic heterocycles. The zero-order valence-electron chi connectivity index (χ0n) is 11.3. The van der Waals surface area contributed by atoms with Crippen molar-refractivity contribution in [3.05, 3.63) is 49.4 Å². The topological polar surface area (TPSA) is 45.8 Å². The normalized spacial score (nSPS) is 11.0. The number of H-pyrrole nitrogens is 1. The largest absolute Gasteiger partial charge is 0.306 e. The molecule has 4 heteroatoms. The molecule has 0 radical (unpaired) electrons. The standard InChI is InChI=1S/C15H17IN2O/c1-4-10-7-5-6-8-11(10)14-17-13(9(2)3)12(16)15(19)18-14/h5-9H,4H2,1-3H3,(H,17,18,19). The number of aryl methyl sites for hydroxylation is 1. The molecule has 3 nitrogen and oxygen atoms in total. The fraction of sp³-hybridized carbons (Fsp3) is 0.333. The maximum absolute atomic E-state index is 12.0. The summed E-state index contributed by atoms with van der Waals surface area (Å²) in [5.74, 6) is 0.910. The van der Waals surface area contributed by atoms with Crippen LogP contribution in [0.4, 0.5) is 0 Å². The van der Waals surface area contributed by atoms with Gasteiger partial charge in [-0.1, -0.05) is 45.0 Å². The Morgan fingerprint density at radius 1 is 1.32 bits per heavy atom. The number of rotatable bonds is 3. The molecule has 2 aromatic rings. The van der Waals surface area contributed by atoms with Gasteiger partial charge in [-0.15, -0.1) is 0 Å². The van der Waals surface area contributed by atoms with Crippen LogP contribution in [0.15, 0.2) is 29.1 Å². The third-order valence-electron chi connectivity index (χ3n) is 3.09. The number of hydrogen-bond acceptors (Lipinski definition) is 2. The highest BCUT2D eigenvalue weighted by molar-refractivity contribution is 14.1. The number of aromatic amines is 1. The maximum Gasteiger partial charge on any atom is 0.264 e. The fourth-order valence-electron chi connectivity index (χ4n) is 2.05. The molecule has 0 saturated carbocycles. The molecular formula is C15H17IN2O. The van der Waals surface area contributed by atoms with Crippen molar-refractivity contribution in [2.45, 2.75) is 33.1 Å². The van der Waals surface area contributed by atoms with Crippen LogP contribution in [0.1, 0.15) is 37.9 Å². The molecule has 0 spiro atoms. The van der Waals surface area contributed by atoms with Gasteiger partial charge in [0, 0.05) is 5.56 Å². The predicted molar refractivity (Wildman–Crippen MR) is 86.5 cm³/mol. The van der Waals surface area contributed by atoms with E-state index in [2.05, 4.69) is 59.4 Å². The van der Waals surface area contributed by atoms with E-state index < -0.39 is 0 Å². The fourth-order valence-corrected chi connectivity index (χ4v) is 2.92. The first-order valence-electron chi connectivity index (χ1n) is 6.42. The van der Waals surface area contributed by atoms with E-state index in [1.165, 1.54) is 5.56 Å². The Bertz CT molecular complexity index is 647. The molecule has 0 unspecified atom stereocenters. The van der Waals surface area contributed by atoms with Crippen molar-refractivity contribution in [3.63, 3.8) is 0 Å². The third kappa shape index (κ3) is 2.88. The lowest BCUT2D eigenvalue weighted by Crippen LogP contribution is -2.17. The van der Waals surface area contributed by atoms with E-state index in [0.717, 1.165) is 17.7 Å². The van der Waals surface area contributed by atoms with Gasteiger partial charge in [0.15, 0.2) is 0 Å². The second kappa shape index (κ2) is 5.86. The first kappa shape index (κ1) is 14.2. The first-order chi connectivity index (χ1) is 9.04. The molecular weight excluding hydrogens is 351 g/mol. The van der Waals surface area contributed by atoms with Gasteiger partial charge in [0.2, 0.25) is 0 Å². The third-order valence-corrected chi connectivity index (χ3v) is 4.13. The van der Waals surface area contributed by atoms with Crippen molar-refractivity contribution in [1.29, 1.82) is 0 Å². The van der Waals surface area contributed by atoms with Crippen LogP contribution in [0.25, 0.3) is 11.4 Å². The Balaban J connectivity index is 2.67. The molecule has 0 bridgehead atoms. The second-order valence-corrected chi connectivity index (χ2v) is 5.86. The summed E-state index contributed by atoms with van der Waals surface area (Å²) in [6.07, 6.45) is 0.920. The minimum atomic E-state index is -0.0554. The average Bonchev–Trinajstić information content (AvgIpc) is 2.41. The van der Waals surface area contributed by atoms with Crippen molar-refractivity contribution in [1.82, 2.24) is 9.97 Å². The van der Waals surface area contributed by atoms with Gasteiger partial charge in [-0.05, 0) is 40.5 Å². The Kier molecular flexibility index (Phi) is 4.39. The molecule has 1 heterocycles. The molecule has 0 aliphatic heterocycles. The SMILES string of the molecule is CCc1ccccc1-c1nc(C(C)C)c(I)c(=O)[nH]1. The van der Waals surface area contributed by atoms with E-state index in [1.807, 2.05) is 18.2 Å². The highest BCUT2D eigenvalue weighted by Gasteiger charge is 2.14. The summed E-state index contributed by atoms with van der Waals surface area (Å²) >= 11 is 2.07. The molecule has 100 valence electrons. The number of hydrogen-bond donors (Lipinski definition) is 1. The molecule has 0 aliphatic carbocycles. The summed E-state index contributed by atoms with van der Waals surface area (Å²) in [6.45, 7) is 6.21. The minimum absolute atomic E-state index is 0.0554. The number of nitrogens with one attached hydrogen (secondary N) is 1. The Morgan fingerprint density at radius 2 is 2.00 bits per heavy atom. The molecule has 1 aromatic carbocycles. The van der Waals surface area contributed by atoms with Crippen molar-refractivity contribution in [3.8, 4) is 11.4 Å². The lowest BCUT2D eigenvalue weighted by molar-refractivity contribution is 0.802. The van der Waals surface area contributed by atoms with Gasteiger partial charge in [0.1, 0.15) is 5.82 Å². The zero-order chi connectivity index (χ0) is 14.0. The summed E-state index contributed by atoms with van der Waals surface area (Å²) in [6, 6.07) is 8.06. The molecule has 0 aliphatic rings. The smallest absolute Gasteiger partial charge is 0.264 e. The van der Waals surface area contributed by atoms with Crippen LogP contribution in [0, 0.1) is 3.57 Å². The summed E-state index contributed by atoms with van der Waals surface area (Å²) in [5.41, 5.74) is 3.02. The van der Waals surface area contributed by atoms with Crippen LogP contribution in [0.3, 0.4) is 0 Å².